The van der Waals surface area contributed by atoms with Crippen LogP contribution in [0.4, 0.5) is 5.69 Å². The van der Waals surface area contributed by atoms with Crippen LogP contribution in [0.1, 0.15) is 18.4 Å². The van der Waals surface area contributed by atoms with E-state index in [1.807, 2.05) is 25.1 Å². The lowest BCUT2D eigenvalue weighted by molar-refractivity contribution is 0.0680. The molecule has 1 aliphatic heterocycles. The average Bonchev–Trinajstić information content (AvgIpc) is 2.70. The predicted octanol–water partition coefficient (Wildman–Crippen LogP) is 2.14. The maximum atomic E-state index is 5.84. The van der Waals surface area contributed by atoms with E-state index in [9.17, 15) is 0 Å². The Morgan fingerprint density at radius 1 is 1.53 bits per heavy atom. The summed E-state index contributed by atoms with van der Waals surface area (Å²) >= 11 is 0. The first kappa shape index (κ1) is 10.3. The van der Waals surface area contributed by atoms with Crippen molar-refractivity contribution in [2.45, 2.75) is 25.9 Å². The molecule has 0 spiro atoms. The van der Waals surface area contributed by atoms with E-state index in [0.717, 1.165) is 30.8 Å². The maximum Gasteiger partial charge on any atom is 0.145 e. The van der Waals surface area contributed by atoms with Crippen LogP contribution in [0.3, 0.4) is 0 Å². The van der Waals surface area contributed by atoms with Gasteiger partial charge in [0.2, 0.25) is 0 Å². The molecule has 15 heavy (non-hydrogen) atoms. The van der Waals surface area contributed by atoms with E-state index in [4.69, 9.17) is 15.2 Å². The molecule has 0 aromatic heterocycles. The number of aryl methyl sites for hydroxylation is 1. The molecule has 0 saturated carbocycles. The largest absolute Gasteiger partial charge is 0.488 e. The van der Waals surface area contributed by atoms with Crippen LogP contribution in [0.5, 0.6) is 5.75 Å². The van der Waals surface area contributed by atoms with E-state index in [1.54, 1.807) is 0 Å². The zero-order valence-corrected chi connectivity index (χ0v) is 9.03. The van der Waals surface area contributed by atoms with Crippen molar-refractivity contribution in [2.24, 2.45) is 0 Å². The van der Waals surface area contributed by atoms with Crippen LogP contribution in [-0.4, -0.2) is 19.3 Å². The van der Waals surface area contributed by atoms with Crippen LogP contribution in [-0.2, 0) is 4.74 Å². The molecule has 1 fully saturated rings. The van der Waals surface area contributed by atoms with E-state index >= 15 is 0 Å². The molecule has 2 N–H and O–H groups in total. The first-order valence-electron chi connectivity index (χ1n) is 5.37. The summed E-state index contributed by atoms with van der Waals surface area (Å²) in [7, 11) is 0. The van der Waals surface area contributed by atoms with Crippen molar-refractivity contribution in [1.29, 1.82) is 0 Å². The highest BCUT2D eigenvalue weighted by atomic mass is 16.5. The molecule has 0 amide bonds. The van der Waals surface area contributed by atoms with E-state index in [-0.39, 0.29) is 6.10 Å². The van der Waals surface area contributed by atoms with Crippen molar-refractivity contribution < 1.29 is 9.47 Å². The summed E-state index contributed by atoms with van der Waals surface area (Å²) in [4.78, 5) is 0. The molecule has 1 aromatic rings. The van der Waals surface area contributed by atoms with Gasteiger partial charge in [0.15, 0.2) is 0 Å². The van der Waals surface area contributed by atoms with Gasteiger partial charge in [0, 0.05) is 6.61 Å². The fourth-order valence-electron chi connectivity index (χ4n) is 1.82. The van der Waals surface area contributed by atoms with Gasteiger partial charge in [-0.05, 0) is 31.4 Å². The third kappa shape index (κ3) is 2.42. The molecule has 0 bridgehead atoms. The second-order valence-corrected chi connectivity index (χ2v) is 3.94. The van der Waals surface area contributed by atoms with Crippen LogP contribution in [0.25, 0.3) is 0 Å². The molecule has 1 saturated heterocycles. The highest BCUT2D eigenvalue weighted by Gasteiger charge is 2.16. The second-order valence-electron chi connectivity index (χ2n) is 3.94. The molecule has 0 aliphatic carbocycles. The van der Waals surface area contributed by atoms with Crippen LogP contribution < -0.4 is 10.5 Å². The van der Waals surface area contributed by atoms with Gasteiger partial charge in [-0.2, -0.15) is 0 Å². The fourth-order valence-corrected chi connectivity index (χ4v) is 1.82. The highest BCUT2D eigenvalue weighted by molar-refractivity contribution is 5.56. The van der Waals surface area contributed by atoms with Gasteiger partial charge in [-0.15, -0.1) is 0 Å². The summed E-state index contributed by atoms with van der Waals surface area (Å²) in [6.07, 6.45) is 2.47. The van der Waals surface area contributed by atoms with Crippen LogP contribution in [0.15, 0.2) is 18.2 Å². The molecule has 1 aliphatic rings. The monoisotopic (exact) mass is 207 g/mol. The summed E-state index contributed by atoms with van der Waals surface area (Å²) < 4.78 is 11.2. The Hall–Kier alpha value is -1.22. The van der Waals surface area contributed by atoms with E-state index < -0.39 is 0 Å². The Kier molecular flexibility index (Phi) is 3.11. The number of anilines is 1. The van der Waals surface area contributed by atoms with Gasteiger partial charge in [-0.1, -0.05) is 12.1 Å². The molecule has 1 heterocycles. The summed E-state index contributed by atoms with van der Waals surface area (Å²) in [6, 6.07) is 5.79. The predicted molar refractivity (Wildman–Crippen MR) is 60.1 cm³/mol. The molecule has 82 valence electrons. The third-order valence-electron chi connectivity index (χ3n) is 2.68. The number of hydrogen-bond acceptors (Lipinski definition) is 3. The topological polar surface area (TPSA) is 44.5 Å². The van der Waals surface area contributed by atoms with Gasteiger partial charge in [0.25, 0.3) is 0 Å². The lowest BCUT2D eigenvalue weighted by atomic mass is 10.2. The summed E-state index contributed by atoms with van der Waals surface area (Å²) in [5.41, 5.74) is 7.62. The molecule has 1 atom stereocenters. The van der Waals surface area contributed by atoms with E-state index in [0.29, 0.717) is 12.3 Å². The fraction of sp³-hybridized carbons (Fsp3) is 0.500. The van der Waals surface area contributed by atoms with E-state index in [1.165, 1.54) is 0 Å². The number of benzene rings is 1. The van der Waals surface area contributed by atoms with Gasteiger partial charge < -0.3 is 15.2 Å². The number of rotatable bonds is 3. The first-order valence-corrected chi connectivity index (χ1v) is 5.37. The zero-order chi connectivity index (χ0) is 10.7. The number of para-hydroxylation sites is 1. The highest BCUT2D eigenvalue weighted by Crippen LogP contribution is 2.26. The molecule has 2 rings (SSSR count). The zero-order valence-electron chi connectivity index (χ0n) is 9.03. The molecule has 0 radical (unpaired) electrons. The summed E-state index contributed by atoms with van der Waals surface area (Å²) in [5, 5.41) is 0. The van der Waals surface area contributed by atoms with Gasteiger partial charge in [-0.3, -0.25) is 0 Å². The maximum absolute atomic E-state index is 5.84. The Labute approximate surface area is 90.2 Å². The van der Waals surface area contributed by atoms with Crippen molar-refractivity contribution in [2.75, 3.05) is 18.9 Å². The Morgan fingerprint density at radius 3 is 3.07 bits per heavy atom. The van der Waals surface area contributed by atoms with Crippen molar-refractivity contribution in [3.63, 3.8) is 0 Å². The van der Waals surface area contributed by atoms with Crippen LogP contribution in [0.2, 0.25) is 0 Å². The van der Waals surface area contributed by atoms with Crippen molar-refractivity contribution in [3.05, 3.63) is 23.8 Å². The minimum atomic E-state index is 0.240. The summed E-state index contributed by atoms with van der Waals surface area (Å²) in [6.45, 7) is 3.47. The first-order chi connectivity index (χ1) is 7.27. The molecule has 3 heteroatoms. The average molecular weight is 207 g/mol. The standard InChI is InChI=1S/C12H17NO2/c1-9-4-2-6-11(13)12(9)15-8-10-5-3-7-14-10/h2,4,6,10H,3,5,7-8,13H2,1H3. The Morgan fingerprint density at radius 2 is 2.40 bits per heavy atom. The third-order valence-corrected chi connectivity index (χ3v) is 2.68. The molecule has 1 unspecified atom stereocenters. The molecular weight excluding hydrogens is 190 g/mol. The molecular formula is C12H17NO2. The second kappa shape index (κ2) is 4.53. The SMILES string of the molecule is Cc1cccc(N)c1OCC1CCCO1. The molecule has 1 aromatic carbocycles. The minimum absolute atomic E-state index is 0.240. The van der Waals surface area contributed by atoms with Crippen LogP contribution in [0, 0.1) is 6.92 Å². The smallest absolute Gasteiger partial charge is 0.145 e. The normalized spacial score (nSPS) is 20.5. The number of nitrogens with two attached hydrogens (primary N) is 1. The Balaban J connectivity index is 1.97. The van der Waals surface area contributed by atoms with Gasteiger partial charge >= 0.3 is 0 Å². The Bertz CT molecular complexity index is 312. The van der Waals surface area contributed by atoms with Gasteiger partial charge in [0.05, 0.1) is 11.8 Å². The van der Waals surface area contributed by atoms with E-state index in [2.05, 4.69) is 0 Å². The minimum Gasteiger partial charge on any atom is -0.488 e. The number of hydrogen-bond donors (Lipinski definition) is 1. The van der Waals surface area contributed by atoms with Gasteiger partial charge in [0.1, 0.15) is 12.4 Å². The lowest BCUT2D eigenvalue weighted by Crippen LogP contribution is -2.17. The van der Waals surface area contributed by atoms with Crippen molar-refractivity contribution in [1.82, 2.24) is 0 Å². The number of nitrogen functional groups attached to an aromatic ring is 1. The molecule has 3 nitrogen and oxygen atoms in total. The number of ether oxygens (including phenoxy) is 2. The van der Waals surface area contributed by atoms with Crippen molar-refractivity contribution in [3.8, 4) is 5.75 Å². The summed E-state index contributed by atoms with van der Waals surface area (Å²) in [5.74, 6) is 0.799. The lowest BCUT2D eigenvalue weighted by Gasteiger charge is -2.14. The van der Waals surface area contributed by atoms with Crippen LogP contribution >= 0.6 is 0 Å². The van der Waals surface area contributed by atoms with Crippen molar-refractivity contribution >= 4 is 5.69 Å². The quantitative estimate of drug-likeness (QED) is 0.772. The van der Waals surface area contributed by atoms with Gasteiger partial charge in [-0.25, -0.2) is 0 Å².